The third kappa shape index (κ3) is 4.55. The number of aromatic hydroxyl groups is 1. The van der Waals surface area contributed by atoms with Gasteiger partial charge < -0.3 is 15.2 Å². The molecule has 0 aliphatic heterocycles. The number of alkyl carbamates (subject to hydrolysis) is 1. The van der Waals surface area contributed by atoms with Crippen molar-refractivity contribution < 1.29 is 14.6 Å². The van der Waals surface area contributed by atoms with E-state index < -0.39 is 6.09 Å². The van der Waals surface area contributed by atoms with Gasteiger partial charge >= 0.3 is 6.09 Å². The number of halogens is 2. The predicted octanol–water partition coefficient (Wildman–Crippen LogP) is 4.13. The first-order valence-electron chi connectivity index (χ1n) is 6.17. The molecule has 0 saturated carbocycles. The van der Waals surface area contributed by atoms with Gasteiger partial charge in [0.2, 0.25) is 0 Å². The second kappa shape index (κ2) is 7.20. The Kier molecular flexibility index (Phi) is 5.31. The number of carbonyl (C=O) groups is 1. The van der Waals surface area contributed by atoms with E-state index in [4.69, 9.17) is 27.9 Å². The van der Waals surface area contributed by atoms with Crippen LogP contribution in [0.4, 0.5) is 4.79 Å². The van der Waals surface area contributed by atoms with Gasteiger partial charge in [-0.15, -0.1) is 0 Å². The molecule has 2 N–H and O–H groups in total. The minimum atomic E-state index is -0.589. The van der Waals surface area contributed by atoms with E-state index in [0.717, 1.165) is 5.56 Å². The van der Waals surface area contributed by atoms with Crippen LogP contribution in [0.25, 0.3) is 0 Å². The molecule has 0 aromatic heterocycles. The molecule has 1 amide bonds. The van der Waals surface area contributed by atoms with Crippen molar-refractivity contribution in [3.8, 4) is 5.75 Å². The zero-order chi connectivity index (χ0) is 15.2. The summed E-state index contributed by atoms with van der Waals surface area (Å²) in [7, 11) is 0. The average Bonchev–Trinajstić information content (AvgIpc) is 2.48. The maximum atomic E-state index is 11.6. The highest BCUT2D eigenvalue weighted by atomic mass is 35.5. The fourth-order valence-electron chi connectivity index (χ4n) is 1.70. The first kappa shape index (κ1) is 15.5. The van der Waals surface area contributed by atoms with Gasteiger partial charge in [-0.05, 0) is 17.7 Å². The van der Waals surface area contributed by atoms with Crippen molar-refractivity contribution >= 4 is 29.3 Å². The number of ether oxygens (including phenoxy) is 1. The summed E-state index contributed by atoms with van der Waals surface area (Å²) in [6, 6.07) is 12.3. The average molecular weight is 326 g/mol. The Morgan fingerprint density at radius 2 is 1.90 bits per heavy atom. The Morgan fingerprint density at radius 3 is 2.62 bits per heavy atom. The highest BCUT2D eigenvalue weighted by molar-refractivity contribution is 6.35. The number of carbonyl (C=O) groups excluding carboxylic acids is 1. The molecule has 0 atom stereocenters. The number of phenolic OH excluding ortho intramolecular Hbond substituents is 1. The second-order valence-electron chi connectivity index (χ2n) is 4.31. The summed E-state index contributed by atoms with van der Waals surface area (Å²) in [6.45, 7) is 0.245. The molecule has 0 bridgehead atoms. The Hall–Kier alpha value is -1.91. The Balaban J connectivity index is 1.87. The zero-order valence-corrected chi connectivity index (χ0v) is 12.5. The second-order valence-corrected chi connectivity index (χ2v) is 5.15. The number of nitrogens with one attached hydrogen (secondary N) is 1. The molecule has 0 heterocycles. The van der Waals surface area contributed by atoms with Crippen molar-refractivity contribution in [3.63, 3.8) is 0 Å². The number of benzene rings is 2. The third-order valence-corrected chi connectivity index (χ3v) is 3.25. The van der Waals surface area contributed by atoms with Crippen LogP contribution in [0.3, 0.4) is 0 Å². The molecule has 2 aromatic rings. The first-order valence-corrected chi connectivity index (χ1v) is 6.93. The van der Waals surface area contributed by atoms with Crippen molar-refractivity contribution in [1.29, 1.82) is 0 Å². The largest absolute Gasteiger partial charge is 0.506 e. The molecule has 0 spiro atoms. The molecule has 0 unspecified atom stereocenters. The lowest BCUT2D eigenvalue weighted by atomic mass is 10.2. The van der Waals surface area contributed by atoms with Gasteiger partial charge in [-0.25, -0.2) is 4.79 Å². The Morgan fingerprint density at radius 1 is 1.19 bits per heavy atom. The van der Waals surface area contributed by atoms with E-state index in [9.17, 15) is 9.90 Å². The summed E-state index contributed by atoms with van der Waals surface area (Å²) in [5.74, 6) is -0.107. The monoisotopic (exact) mass is 325 g/mol. The molecule has 110 valence electrons. The van der Waals surface area contributed by atoms with Crippen molar-refractivity contribution in [2.45, 2.75) is 13.2 Å². The van der Waals surface area contributed by atoms with E-state index in [-0.39, 0.29) is 23.9 Å². The van der Waals surface area contributed by atoms with Gasteiger partial charge in [0.15, 0.2) is 0 Å². The first-order chi connectivity index (χ1) is 10.1. The van der Waals surface area contributed by atoms with Crippen LogP contribution < -0.4 is 5.32 Å². The lowest BCUT2D eigenvalue weighted by molar-refractivity contribution is 0.139. The van der Waals surface area contributed by atoms with Crippen molar-refractivity contribution in [3.05, 3.63) is 63.6 Å². The van der Waals surface area contributed by atoms with Crippen LogP contribution in [0.2, 0.25) is 10.0 Å². The highest BCUT2D eigenvalue weighted by Gasteiger charge is 2.10. The SMILES string of the molecule is O=C(NCc1cc(Cl)cc(Cl)c1O)OCc1ccccc1. The van der Waals surface area contributed by atoms with Gasteiger partial charge in [0.05, 0.1) is 5.02 Å². The number of phenols is 1. The molecule has 21 heavy (non-hydrogen) atoms. The molecule has 2 aromatic carbocycles. The molecular formula is C15H13Cl2NO3. The lowest BCUT2D eigenvalue weighted by Gasteiger charge is -2.09. The summed E-state index contributed by atoms with van der Waals surface area (Å²) in [5.41, 5.74) is 1.31. The fraction of sp³-hybridized carbons (Fsp3) is 0.133. The fourth-order valence-corrected chi connectivity index (χ4v) is 2.23. The van der Waals surface area contributed by atoms with Crippen LogP contribution in [0, 0.1) is 0 Å². The molecular weight excluding hydrogens is 313 g/mol. The van der Waals surface area contributed by atoms with Crippen LogP contribution in [-0.4, -0.2) is 11.2 Å². The maximum absolute atomic E-state index is 11.6. The van der Waals surface area contributed by atoms with Crippen LogP contribution in [0.15, 0.2) is 42.5 Å². The van der Waals surface area contributed by atoms with Crippen molar-refractivity contribution in [2.75, 3.05) is 0 Å². The van der Waals surface area contributed by atoms with E-state index in [1.807, 2.05) is 30.3 Å². The summed E-state index contributed by atoms with van der Waals surface area (Å²) in [5, 5.41) is 12.8. The minimum absolute atomic E-state index is 0.0692. The number of amides is 1. The lowest BCUT2D eigenvalue weighted by Crippen LogP contribution is -2.23. The van der Waals surface area contributed by atoms with E-state index in [1.54, 1.807) is 0 Å². The number of hydrogen-bond donors (Lipinski definition) is 2. The van der Waals surface area contributed by atoms with Gasteiger partial charge in [0, 0.05) is 17.1 Å². The Bertz CT molecular complexity index is 632. The standard InChI is InChI=1S/C15H13Cl2NO3/c16-12-6-11(14(19)13(17)7-12)8-18-15(20)21-9-10-4-2-1-3-5-10/h1-7,19H,8-9H2,(H,18,20). The van der Waals surface area contributed by atoms with Crippen LogP contribution in [0.5, 0.6) is 5.75 Å². The molecule has 2 rings (SSSR count). The summed E-state index contributed by atoms with van der Waals surface area (Å²) in [4.78, 5) is 11.6. The number of hydrogen-bond acceptors (Lipinski definition) is 3. The summed E-state index contributed by atoms with van der Waals surface area (Å²) in [6.07, 6.45) is -0.589. The van der Waals surface area contributed by atoms with Crippen molar-refractivity contribution in [2.24, 2.45) is 0 Å². The van der Waals surface area contributed by atoms with Crippen molar-refractivity contribution in [1.82, 2.24) is 5.32 Å². The molecule has 0 aliphatic rings. The minimum Gasteiger partial charge on any atom is -0.506 e. The third-order valence-electron chi connectivity index (χ3n) is 2.74. The molecule has 0 radical (unpaired) electrons. The smallest absolute Gasteiger partial charge is 0.407 e. The predicted molar refractivity (Wildman–Crippen MR) is 81.6 cm³/mol. The molecule has 4 nitrogen and oxygen atoms in total. The zero-order valence-electron chi connectivity index (χ0n) is 11.0. The molecule has 0 fully saturated rings. The van der Waals surface area contributed by atoms with E-state index in [2.05, 4.69) is 5.32 Å². The van der Waals surface area contributed by atoms with Gasteiger partial charge in [0.25, 0.3) is 0 Å². The van der Waals surface area contributed by atoms with Gasteiger partial charge in [-0.2, -0.15) is 0 Å². The van der Waals surface area contributed by atoms with Gasteiger partial charge in [-0.3, -0.25) is 0 Å². The Labute approximate surface area is 132 Å². The van der Waals surface area contributed by atoms with E-state index >= 15 is 0 Å². The summed E-state index contributed by atoms with van der Waals surface area (Å²) < 4.78 is 5.05. The van der Waals surface area contributed by atoms with Gasteiger partial charge in [-0.1, -0.05) is 53.5 Å². The highest BCUT2D eigenvalue weighted by Crippen LogP contribution is 2.30. The molecule has 6 heteroatoms. The summed E-state index contributed by atoms with van der Waals surface area (Å²) >= 11 is 11.6. The van der Waals surface area contributed by atoms with E-state index in [1.165, 1.54) is 12.1 Å². The van der Waals surface area contributed by atoms with Crippen LogP contribution >= 0.6 is 23.2 Å². The molecule has 0 aliphatic carbocycles. The van der Waals surface area contributed by atoms with E-state index in [0.29, 0.717) is 10.6 Å². The topological polar surface area (TPSA) is 58.6 Å². The maximum Gasteiger partial charge on any atom is 0.407 e. The molecule has 0 saturated heterocycles. The van der Waals surface area contributed by atoms with Gasteiger partial charge in [0.1, 0.15) is 12.4 Å². The van der Waals surface area contributed by atoms with Crippen LogP contribution in [0.1, 0.15) is 11.1 Å². The normalized spacial score (nSPS) is 10.2. The van der Waals surface area contributed by atoms with Crippen LogP contribution in [-0.2, 0) is 17.9 Å². The number of rotatable bonds is 4. The quantitative estimate of drug-likeness (QED) is 0.888.